The van der Waals surface area contributed by atoms with Crippen LogP contribution in [-0.2, 0) is 10.0 Å². The van der Waals surface area contributed by atoms with Gasteiger partial charge < -0.3 is 5.73 Å². The maximum Gasteiger partial charge on any atom is 0.243 e. The minimum Gasteiger partial charge on any atom is -0.326 e. The molecule has 1 aliphatic carbocycles. The zero-order chi connectivity index (χ0) is 14.0. The van der Waals surface area contributed by atoms with Gasteiger partial charge in [0.2, 0.25) is 10.0 Å². The van der Waals surface area contributed by atoms with E-state index in [0.717, 1.165) is 31.4 Å². The Bertz CT molecular complexity index is 563. The summed E-state index contributed by atoms with van der Waals surface area (Å²) in [6.07, 6.45) is 3.15. The van der Waals surface area contributed by atoms with Crippen molar-refractivity contribution in [2.75, 3.05) is 0 Å². The molecule has 0 aromatic heterocycles. The predicted molar refractivity (Wildman–Crippen MR) is 66.9 cm³/mol. The summed E-state index contributed by atoms with van der Waals surface area (Å²) in [6, 6.07) is 1.62. The van der Waals surface area contributed by atoms with E-state index in [1.54, 1.807) is 0 Å². The van der Waals surface area contributed by atoms with Crippen LogP contribution in [-0.4, -0.2) is 20.5 Å². The van der Waals surface area contributed by atoms with Gasteiger partial charge in [0, 0.05) is 12.1 Å². The van der Waals surface area contributed by atoms with Crippen LogP contribution in [0.4, 0.5) is 8.78 Å². The topological polar surface area (TPSA) is 72.2 Å². The predicted octanol–water partition coefficient (Wildman–Crippen LogP) is 1.51. The zero-order valence-electron chi connectivity index (χ0n) is 10.3. The summed E-state index contributed by atoms with van der Waals surface area (Å²) in [7, 11) is -4.09. The molecule has 1 aliphatic rings. The zero-order valence-corrected chi connectivity index (χ0v) is 11.1. The van der Waals surface area contributed by atoms with Crippen molar-refractivity contribution in [1.29, 1.82) is 0 Å². The van der Waals surface area contributed by atoms with Gasteiger partial charge in [-0.25, -0.2) is 21.9 Å². The first-order valence-electron chi connectivity index (χ1n) is 6.13. The number of halogens is 2. The maximum absolute atomic E-state index is 13.5. The van der Waals surface area contributed by atoms with Gasteiger partial charge in [-0.15, -0.1) is 0 Å². The van der Waals surface area contributed by atoms with Crippen LogP contribution in [0.15, 0.2) is 23.1 Å². The second-order valence-corrected chi connectivity index (χ2v) is 6.43. The van der Waals surface area contributed by atoms with Crippen LogP contribution >= 0.6 is 0 Å². The fourth-order valence-electron chi connectivity index (χ4n) is 2.25. The first-order chi connectivity index (χ1) is 8.90. The van der Waals surface area contributed by atoms with Crippen LogP contribution in [0.3, 0.4) is 0 Å². The minimum absolute atomic E-state index is 0.292. The van der Waals surface area contributed by atoms with E-state index in [0.29, 0.717) is 12.5 Å². The Kier molecular flexibility index (Phi) is 4.17. The number of sulfonamides is 1. The summed E-state index contributed by atoms with van der Waals surface area (Å²) in [4.78, 5) is -0.676. The van der Waals surface area contributed by atoms with Gasteiger partial charge in [-0.3, -0.25) is 0 Å². The van der Waals surface area contributed by atoms with Gasteiger partial charge in [-0.05, 0) is 31.0 Å². The molecule has 2 rings (SSSR count). The molecule has 1 aromatic carbocycles. The normalized spacial score (nSPS) is 24.4. The van der Waals surface area contributed by atoms with Crippen molar-refractivity contribution >= 4 is 10.0 Å². The van der Waals surface area contributed by atoms with E-state index in [1.807, 2.05) is 0 Å². The van der Waals surface area contributed by atoms with Crippen LogP contribution in [0, 0.1) is 11.6 Å². The molecule has 0 amide bonds. The first kappa shape index (κ1) is 14.4. The van der Waals surface area contributed by atoms with Gasteiger partial charge in [0.15, 0.2) is 0 Å². The fraction of sp³-hybridized carbons (Fsp3) is 0.500. The van der Waals surface area contributed by atoms with Crippen molar-refractivity contribution < 1.29 is 17.2 Å². The van der Waals surface area contributed by atoms with Crippen molar-refractivity contribution in [1.82, 2.24) is 4.72 Å². The molecule has 1 saturated carbocycles. The van der Waals surface area contributed by atoms with Crippen molar-refractivity contribution in [2.24, 2.45) is 5.73 Å². The van der Waals surface area contributed by atoms with E-state index in [1.165, 1.54) is 0 Å². The quantitative estimate of drug-likeness (QED) is 0.886. The van der Waals surface area contributed by atoms with Crippen molar-refractivity contribution in [2.45, 2.75) is 42.7 Å². The second-order valence-electron chi connectivity index (χ2n) is 4.75. The van der Waals surface area contributed by atoms with Gasteiger partial charge in [0.05, 0.1) is 0 Å². The Hall–Kier alpha value is -1.05. The van der Waals surface area contributed by atoms with Crippen molar-refractivity contribution in [3.05, 3.63) is 29.8 Å². The Morgan fingerprint density at radius 2 is 1.89 bits per heavy atom. The highest BCUT2D eigenvalue weighted by molar-refractivity contribution is 7.89. The molecule has 7 heteroatoms. The molecule has 0 aliphatic heterocycles. The molecule has 19 heavy (non-hydrogen) atoms. The minimum atomic E-state index is -4.09. The average molecular weight is 290 g/mol. The highest BCUT2D eigenvalue weighted by Crippen LogP contribution is 2.21. The molecule has 1 aromatic rings. The number of hydrogen-bond acceptors (Lipinski definition) is 3. The summed E-state index contributed by atoms with van der Waals surface area (Å²) in [6.45, 7) is 0. The summed E-state index contributed by atoms with van der Waals surface area (Å²) >= 11 is 0. The Labute approximate surface area is 111 Å². The Morgan fingerprint density at radius 1 is 1.21 bits per heavy atom. The maximum atomic E-state index is 13.5. The smallest absolute Gasteiger partial charge is 0.243 e. The molecule has 2 unspecified atom stereocenters. The lowest BCUT2D eigenvalue weighted by Gasteiger charge is -2.29. The van der Waals surface area contributed by atoms with E-state index in [2.05, 4.69) is 4.72 Å². The molecule has 0 bridgehead atoms. The van der Waals surface area contributed by atoms with Gasteiger partial charge in [-0.2, -0.15) is 0 Å². The van der Waals surface area contributed by atoms with E-state index in [9.17, 15) is 17.2 Å². The molecular weight excluding hydrogens is 274 g/mol. The monoisotopic (exact) mass is 290 g/mol. The molecule has 106 valence electrons. The fourth-order valence-corrected chi connectivity index (χ4v) is 3.66. The molecule has 2 atom stereocenters. The molecule has 0 heterocycles. The Morgan fingerprint density at radius 3 is 2.58 bits per heavy atom. The largest absolute Gasteiger partial charge is 0.326 e. The van der Waals surface area contributed by atoms with Crippen molar-refractivity contribution in [3.63, 3.8) is 0 Å². The SMILES string of the molecule is NC1CCCCC1NS(=O)(=O)c1cc(F)ccc1F. The van der Waals surface area contributed by atoms with Crippen LogP contribution in [0.2, 0.25) is 0 Å². The number of nitrogens with two attached hydrogens (primary N) is 1. The summed E-state index contributed by atoms with van der Waals surface area (Å²) in [5.74, 6) is -1.77. The third-order valence-electron chi connectivity index (χ3n) is 3.31. The molecule has 0 spiro atoms. The van der Waals surface area contributed by atoms with E-state index < -0.39 is 32.6 Å². The van der Waals surface area contributed by atoms with E-state index >= 15 is 0 Å². The third kappa shape index (κ3) is 3.29. The first-order valence-corrected chi connectivity index (χ1v) is 7.61. The standard InChI is InChI=1S/C12H16F2N2O2S/c13-8-5-6-9(14)12(7-8)19(17,18)16-11-4-2-1-3-10(11)15/h5-7,10-11,16H,1-4,15H2. The third-order valence-corrected chi connectivity index (χ3v) is 4.81. The molecule has 3 N–H and O–H groups in total. The van der Waals surface area contributed by atoms with Crippen LogP contribution in [0.1, 0.15) is 25.7 Å². The van der Waals surface area contributed by atoms with Crippen LogP contribution in [0.5, 0.6) is 0 Å². The average Bonchev–Trinajstić information content (AvgIpc) is 2.35. The highest BCUT2D eigenvalue weighted by atomic mass is 32.2. The Balaban J connectivity index is 2.24. The second kappa shape index (κ2) is 5.52. The van der Waals surface area contributed by atoms with Crippen LogP contribution in [0.25, 0.3) is 0 Å². The number of rotatable bonds is 3. The van der Waals surface area contributed by atoms with E-state index in [-0.39, 0.29) is 6.04 Å². The molecule has 0 saturated heterocycles. The number of benzene rings is 1. The molecular formula is C12H16F2N2O2S. The van der Waals surface area contributed by atoms with Crippen LogP contribution < -0.4 is 10.5 Å². The molecule has 1 fully saturated rings. The summed E-state index contributed by atoms with van der Waals surface area (Å²) < 4.78 is 53.0. The van der Waals surface area contributed by atoms with E-state index in [4.69, 9.17) is 5.73 Å². The van der Waals surface area contributed by atoms with Gasteiger partial charge in [0.25, 0.3) is 0 Å². The lowest BCUT2D eigenvalue weighted by Crippen LogP contribution is -2.49. The highest BCUT2D eigenvalue weighted by Gasteiger charge is 2.28. The number of hydrogen-bond donors (Lipinski definition) is 2. The lowest BCUT2D eigenvalue weighted by molar-refractivity contribution is 0.360. The van der Waals surface area contributed by atoms with Gasteiger partial charge >= 0.3 is 0 Å². The lowest BCUT2D eigenvalue weighted by atomic mass is 9.92. The van der Waals surface area contributed by atoms with Crippen molar-refractivity contribution in [3.8, 4) is 0 Å². The summed E-state index contributed by atoms with van der Waals surface area (Å²) in [5, 5.41) is 0. The molecule has 4 nitrogen and oxygen atoms in total. The summed E-state index contributed by atoms with van der Waals surface area (Å²) in [5.41, 5.74) is 5.84. The number of nitrogens with one attached hydrogen (secondary N) is 1. The van der Waals surface area contributed by atoms with Gasteiger partial charge in [0.1, 0.15) is 16.5 Å². The van der Waals surface area contributed by atoms with Gasteiger partial charge in [-0.1, -0.05) is 12.8 Å². The molecule has 0 radical (unpaired) electrons.